The lowest BCUT2D eigenvalue weighted by Gasteiger charge is -2.28. The molecule has 2 unspecified atom stereocenters. The number of anilines is 1. The third-order valence-corrected chi connectivity index (χ3v) is 7.21. The monoisotopic (exact) mass is 496 g/mol. The fourth-order valence-corrected chi connectivity index (χ4v) is 5.44. The highest BCUT2D eigenvalue weighted by molar-refractivity contribution is 7.80. The molecule has 0 amide bonds. The molecule has 36 heavy (non-hydrogen) atoms. The Kier molecular flexibility index (Phi) is 6.10. The van der Waals surface area contributed by atoms with Crippen molar-refractivity contribution in [3.8, 4) is 5.69 Å². The van der Waals surface area contributed by atoms with Gasteiger partial charge in [0.25, 0.3) is 0 Å². The van der Waals surface area contributed by atoms with E-state index >= 15 is 0 Å². The number of pyridine rings is 1. The maximum atomic E-state index is 11.7. The van der Waals surface area contributed by atoms with Crippen molar-refractivity contribution in [3.05, 3.63) is 112 Å². The normalized spacial score (nSPS) is 17.3. The maximum Gasteiger partial charge on any atom is 0.335 e. The summed E-state index contributed by atoms with van der Waals surface area (Å²) in [4.78, 5) is 18.5. The lowest BCUT2D eigenvalue weighted by Crippen LogP contribution is -2.29. The van der Waals surface area contributed by atoms with Crippen LogP contribution in [0.5, 0.6) is 0 Å². The second kappa shape index (κ2) is 9.24. The quantitative estimate of drug-likeness (QED) is 0.331. The first kappa shape index (κ1) is 23.8. The molecule has 0 aliphatic carbocycles. The van der Waals surface area contributed by atoms with Crippen LogP contribution >= 0.6 is 12.2 Å². The number of benzene rings is 2. The Hall–Kier alpha value is -3.97. The Bertz CT molecular complexity index is 1460. The number of aromatic carboxylic acids is 1. The fraction of sp³-hybridized carbons (Fsp3) is 0.207. The molecule has 0 bridgehead atoms. The van der Waals surface area contributed by atoms with Gasteiger partial charge < -0.3 is 19.9 Å². The van der Waals surface area contributed by atoms with Crippen LogP contribution in [0.4, 0.5) is 5.69 Å². The van der Waals surface area contributed by atoms with Crippen molar-refractivity contribution in [2.45, 2.75) is 39.8 Å². The summed E-state index contributed by atoms with van der Waals surface area (Å²) in [6.45, 7) is 8.20. The van der Waals surface area contributed by atoms with Gasteiger partial charge in [-0.3, -0.25) is 4.98 Å². The Morgan fingerprint density at radius 1 is 1.00 bits per heavy atom. The summed E-state index contributed by atoms with van der Waals surface area (Å²) in [5.41, 5.74) is 8.40. The van der Waals surface area contributed by atoms with Gasteiger partial charge in [0.2, 0.25) is 0 Å². The van der Waals surface area contributed by atoms with E-state index in [-0.39, 0.29) is 17.6 Å². The van der Waals surface area contributed by atoms with E-state index in [1.165, 1.54) is 5.56 Å². The van der Waals surface area contributed by atoms with E-state index < -0.39 is 5.97 Å². The van der Waals surface area contributed by atoms with Gasteiger partial charge in [0.15, 0.2) is 5.11 Å². The number of carboxylic acid groups (broad SMARTS) is 1. The summed E-state index contributed by atoms with van der Waals surface area (Å²) in [5, 5.41) is 13.8. The number of nitrogens with one attached hydrogen (secondary N) is 1. The van der Waals surface area contributed by atoms with E-state index in [0.29, 0.717) is 5.11 Å². The van der Waals surface area contributed by atoms with Crippen LogP contribution in [0.1, 0.15) is 56.2 Å². The van der Waals surface area contributed by atoms with Gasteiger partial charge in [-0.05, 0) is 93.5 Å². The largest absolute Gasteiger partial charge is 0.478 e. The van der Waals surface area contributed by atoms with Crippen LogP contribution in [0.25, 0.3) is 5.69 Å². The molecule has 1 aliphatic rings. The highest BCUT2D eigenvalue weighted by Crippen LogP contribution is 2.44. The maximum absolute atomic E-state index is 11.7. The number of carboxylic acids is 1. The molecular formula is C29H28N4O2S. The highest BCUT2D eigenvalue weighted by atomic mass is 32.1. The Balaban J connectivity index is 1.69. The minimum Gasteiger partial charge on any atom is -0.478 e. The minimum atomic E-state index is -0.940. The molecule has 2 aromatic heterocycles. The van der Waals surface area contributed by atoms with Gasteiger partial charge in [0.1, 0.15) is 0 Å². The first-order chi connectivity index (χ1) is 17.3. The number of carbonyl (C=O) groups is 1. The van der Waals surface area contributed by atoms with Gasteiger partial charge in [-0.2, -0.15) is 0 Å². The topological polar surface area (TPSA) is 70.4 Å². The Morgan fingerprint density at radius 2 is 1.75 bits per heavy atom. The average molecular weight is 497 g/mol. The van der Waals surface area contributed by atoms with E-state index in [1.807, 2.05) is 31.2 Å². The van der Waals surface area contributed by atoms with E-state index in [2.05, 4.69) is 70.9 Å². The standard InChI is InChI=1S/C29H28N4O2S/c1-17-8-12-22(13-9-17)33-27(26(31-29(33)36)24-7-5-6-14-30-24)23-15-19(3)32(20(23)4)25-16-21(28(34)35)11-10-18(25)2/h5-16,26-27H,1-4H3,(H,31,36)(H,34,35). The number of hydrogen-bond acceptors (Lipinski definition) is 3. The van der Waals surface area contributed by atoms with E-state index in [4.69, 9.17) is 12.2 Å². The van der Waals surface area contributed by atoms with Gasteiger partial charge in [-0.15, -0.1) is 0 Å². The van der Waals surface area contributed by atoms with Crippen LogP contribution in [-0.2, 0) is 0 Å². The first-order valence-electron chi connectivity index (χ1n) is 11.9. The molecule has 4 aromatic rings. The molecule has 7 heteroatoms. The molecule has 2 N–H and O–H groups in total. The van der Waals surface area contributed by atoms with Gasteiger partial charge in [0.05, 0.1) is 23.3 Å². The number of aromatic nitrogens is 2. The number of aryl methyl sites for hydroxylation is 3. The van der Waals surface area contributed by atoms with Crippen LogP contribution in [0.15, 0.2) is 72.9 Å². The fourth-order valence-electron chi connectivity index (χ4n) is 5.10. The zero-order chi connectivity index (χ0) is 25.6. The molecule has 1 aliphatic heterocycles. The van der Waals surface area contributed by atoms with Crippen LogP contribution in [0.3, 0.4) is 0 Å². The minimum absolute atomic E-state index is 0.141. The zero-order valence-corrected chi connectivity index (χ0v) is 21.5. The zero-order valence-electron chi connectivity index (χ0n) is 20.7. The molecular weight excluding hydrogens is 468 g/mol. The van der Waals surface area contributed by atoms with Crippen LogP contribution in [0.2, 0.25) is 0 Å². The van der Waals surface area contributed by atoms with Gasteiger partial charge in [-0.25, -0.2) is 4.79 Å². The lowest BCUT2D eigenvalue weighted by molar-refractivity contribution is 0.0697. The second-order valence-corrected chi connectivity index (χ2v) is 9.69. The summed E-state index contributed by atoms with van der Waals surface area (Å²) in [7, 11) is 0. The molecule has 1 saturated heterocycles. The van der Waals surface area contributed by atoms with Crippen LogP contribution in [-0.4, -0.2) is 25.7 Å². The van der Waals surface area contributed by atoms with Crippen molar-refractivity contribution < 1.29 is 9.90 Å². The highest BCUT2D eigenvalue weighted by Gasteiger charge is 2.42. The molecule has 0 spiro atoms. The molecule has 182 valence electrons. The van der Waals surface area contributed by atoms with E-state index in [1.54, 1.807) is 18.3 Å². The first-order valence-corrected chi connectivity index (χ1v) is 12.3. The van der Waals surface area contributed by atoms with Crippen molar-refractivity contribution in [1.82, 2.24) is 14.9 Å². The summed E-state index contributed by atoms with van der Waals surface area (Å²) >= 11 is 5.87. The number of thiocarbonyl (C=S) groups is 1. The number of nitrogens with zero attached hydrogens (tertiary/aromatic N) is 3. The van der Waals surface area contributed by atoms with Crippen molar-refractivity contribution in [2.75, 3.05) is 4.90 Å². The van der Waals surface area contributed by atoms with Crippen molar-refractivity contribution in [3.63, 3.8) is 0 Å². The summed E-state index contributed by atoms with van der Waals surface area (Å²) in [6.07, 6.45) is 1.80. The van der Waals surface area contributed by atoms with E-state index in [9.17, 15) is 9.90 Å². The Morgan fingerprint density at radius 3 is 2.42 bits per heavy atom. The Labute approximate surface area is 216 Å². The summed E-state index contributed by atoms with van der Waals surface area (Å²) < 4.78 is 2.14. The van der Waals surface area contributed by atoms with Crippen molar-refractivity contribution >= 4 is 29.0 Å². The van der Waals surface area contributed by atoms with Gasteiger partial charge in [0, 0.05) is 29.0 Å². The molecule has 6 nitrogen and oxygen atoms in total. The van der Waals surface area contributed by atoms with Crippen molar-refractivity contribution in [2.24, 2.45) is 0 Å². The molecule has 3 heterocycles. The third kappa shape index (κ3) is 4.05. The summed E-state index contributed by atoms with van der Waals surface area (Å²) in [6, 6.07) is 21.4. The van der Waals surface area contributed by atoms with Crippen LogP contribution < -0.4 is 10.2 Å². The average Bonchev–Trinajstić information content (AvgIpc) is 3.35. The molecule has 2 aromatic carbocycles. The SMILES string of the molecule is Cc1ccc(N2C(=S)NC(c3ccccn3)C2c2cc(C)n(-c3cc(C(=O)O)ccc3C)c2C)cc1. The molecule has 2 atom stereocenters. The predicted octanol–water partition coefficient (Wildman–Crippen LogP) is 5.98. The lowest BCUT2D eigenvalue weighted by atomic mass is 9.96. The molecule has 0 radical (unpaired) electrons. The van der Waals surface area contributed by atoms with Crippen LogP contribution in [0, 0.1) is 27.7 Å². The number of hydrogen-bond donors (Lipinski definition) is 2. The second-order valence-electron chi connectivity index (χ2n) is 9.30. The van der Waals surface area contributed by atoms with Gasteiger partial charge >= 0.3 is 5.97 Å². The third-order valence-electron chi connectivity index (χ3n) is 6.90. The number of rotatable bonds is 5. The smallest absolute Gasteiger partial charge is 0.335 e. The van der Waals surface area contributed by atoms with Crippen molar-refractivity contribution in [1.29, 1.82) is 0 Å². The molecule has 0 saturated carbocycles. The predicted molar refractivity (Wildman–Crippen MR) is 146 cm³/mol. The molecule has 1 fully saturated rings. The summed E-state index contributed by atoms with van der Waals surface area (Å²) in [5.74, 6) is -0.940. The van der Waals surface area contributed by atoms with E-state index in [0.717, 1.165) is 39.6 Å². The molecule has 5 rings (SSSR count). The van der Waals surface area contributed by atoms with Gasteiger partial charge in [-0.1, -0.05) is 29.8 Å².